The molecule has 1 saturated carbocycles. The van der Waals surface area contributed by atoms with Crippen molar-refractivity contribution in [3.63, 3.8) is 0 Å². The van der Waals surface area contributed by atoms with Gasteiger partial charge in [-0.05, 0) is 42.0 Å². The molecule has 0 aromatic heterocycles. The van der Waals surface area contributed by atoms with E-state index in [4.69, 9.17) is 0 Å². The van der Waals surface area contributed by atoms with E-state index in [2.05, 4.69) is 34.6 Å². The molecule has 0 aliphatic heterocycles. The second-order valence-electron chi connectivity index (χ2n) is 4.02. The van der Waals surface area contributed by atoms with Gasteiger partial charge in [-0.2, -0.15) is 0 Å². The Hall–Kier alpha value is -0.890. The van der Waals surface area contributed by atoms with Crippen molar-refractivity contribution in [2.75, 3.05) is 0 Å². The summed E-state index contributed by atoms with van der Waals surface area (Å²) in [6.07, 6.45) is 2.42. The van der Waals surface area contributed by atoms with Gasteiger partial charge in [0.2, 0.25) is 0 Å². The fourth-order valence-electron chi connectivity index (χ4n) is 2.04. The zero-order valence-electron chi connectivity index (χ0n) is 8.50. The number of ketones is 1. The molecule has 0 heterocycles. The maximum Gasteiger partial charge on any atom is 0.158 e. The average molecular weight is 265 g/mol. The molecule has 1 aromatic carbocycles. The van der Waals surface area contributed by atoms with E-state index in [1.54, 1.807) is 0 Å². The predicted octanol–water partition coefficient (Wildman–Crippen LogP) is 3.84. The van der Waals surface area contributed by atoms with E-state index in [-0.39, 0.29) is 5.78 Å². The number of rotatable bonds is 1. The van der Waals surface area contributed by atoms with Crippen LogP contribution in [0.2, 0.25) is 0 Å². The monoisotopic (exact) mass is 264 g/mol. The van der Waals surface area contributed by atoms with Gasteiger partial charge in [0.15, 0.2) is 5.78 Å². The van der Waals surface area contributed by atoms with Crippen LogP contribution in [-0.4, -0.2) is 5.78 Å². The third kappa shape index (κ3) is 2.37. The molecule has 0 N–H and O–H groups in total. The van der Waals surface area contributed by atoms with Crippen LogP contribution >= 0.6 is 15.9 Å². The first-order chi connectivity index (χ1) is 7.16. The van der Waals surface area contributed by atoms with E-state index in [9.17, 15) is 4.79 Å². The Morgan fingerprint density at radius 1 is 1.40 bits per heavy atom. The Kier molecular flexibility index (Phi) is 3.06. The van der Waals surface area contributed by atoms with Crippen molar-refractivity contribution in [1.29, 1.82) is 0 Å². The number of halogens is 1. The molecule has 0 amide bonds. The maximum atomic E-state index is 11.3. The molecule has 1 aliphatic rings. The number of allylic oxidation sites excluding steroid dienone is 1. The molecular formula is C13H13BrO. The van der Waals surface area contributed by atoms with Gasteiger partial charge in [-0.1, -0.05) is 34.6 Å². The van der Waals surface area contributed by atoms with Crippen LogP contribution in [-0.2, 0) is 4.79 Å². The third-order valence-corrected chi connectivity index (χ3v) is 3.42. The molecule has 1 nitrogen and oxygen atoms in total. The molecule has 1 atom stereocenters. The van der Waals surface area contributed by atoms with Gasteiger partial charge in [0.1, 0.15) is 0 Å². The van der Waals surface area contributed by atoms with Crippen molar-refractivity contribution < 1.29 is 4.79 Å². The lowest BCUT2D eigenvalue weighted by atomic mass is 9.81. The van der Waals surface area contributed by atoms with Gasteiger partial charge >= 0.3 is 0 Å². The number of hydrogen-bond donors (Lipinski definition) is 0. The summed E-state index contributed by atoms with van der Waals surface area (Å²) in [5.74, 6) is 0.703. The lowest BCUT2D eigenvalue weighted by molar-refractivity contribution is -0.116. The number of hydrogen-bond acceptors (Lipinski definition) is 1. The summed E-state index contributed by atoms with van der Waals surface area (Å²) in [7, 11) is 0. The lowest BCUT2D eigenvalue weighted by Gasteiger charge is -2.23. The van der Waals surface area contributed by atoms with Crippen LogP contribution in [0.3, 0.4) is 0 Å². The third-order valence-electron chi connectivity index (χ3n) is 2.93. The summed E-state index contributed by atoms with van der Waals surface area (Å²) in [5.41, 5.74) is 2.09. The zero-order chi connectivity index (χ0) is 10.8. The molecule has 0 radical (unpaired) electrons. The first-order valence-electron chi connectivity index (χ1n) is 5.13. The topological polar surface area (TPSA) is 17.1 Å². The van der Waals surface area contributed by atoms with Crippen LogP contribution in [0.15, 0.2) is 40.9 Å². The minimum Gasteiger partial charge on any atom is -0.295 e. The first-order valence-corrected chi connectivity index (χ1v) is 5.92. The molecule has 0 spiro atoms. The Bertz CT molecular complexity index is 409. The minimum atomic E-state index is 0.237. The predicted molar refractivity (Wildman–Crippen MR) is 64.9 cm³/mol. The Balaban J connectivity index is 2.19. The van der Waals surface area contributed by atoms with Crippen LogP contribution in [0, 0.1) is 0 Å². The summed E-state index contributed by atoms with van der Waals surface area (Å²) < 4.78 is 1.10. The highest BCUT2D eigenvalue weighted by molar-refractivity contribution is 9.10. The largest absolute Gasteiger partial charge is 0.295 e. The van der Waals surface area contributed by atoms with E-state index in [0.29, 0.717) is 12.3 Å². The minimum absolute atomic E-state index is 0.237. The Labute approximate surface area is 98.3 Å². The Morgan fingerprint density at radius 2 is 2.20 bits per heavy atom. The highest BCUT2D eigenvalue weighted by Gasteiger charge is 2.23. The smallest absolute Gasteiger partial charge is 0.158 e. The molecule has 78 valence electrons. The highest BCUT2D eigenvalue weighted by Crippen LogP contribution is 2.34. The summed E-state index contributed by atoms with van der Waals surface area (Å²) in [5, 5.41) is 0. The summed E-state index contributed by atoms with van der Waals surface area (Å²) >= 11 is 3.47. The number of Topliss-reactive ketones (excluding diaryl/α,β-unsaturated/α-hetero) is 1. The quantitative estimate of drug-likeness (QED) is 0.705. The number of benzene rings is 1. The summed E-state index contributed by atoms with van der Waals surface area (Å²) in [6.45, 7) is 3.83. The van der Waals surface area contributed by atoms with Crippen molar-refractivity contribution in [3.8, 4) is 0 Å². The van der Waals surface area contributed by atoms with Crippen molar-refractivity contribution >= 4 is 21.7 Å². The Morgan fingerprint density at radius 3 is 2.87 bits per heavy atom. The molecule has 2 rings (SSSR count). The lowest BCUT2D eigenvalue weighted by Crippen LogP contribution is -2.14. The molecule has 2 heteroatoms. The van der Waals surface area contributed by atoms with Crippen molar-refractivity contribution in [2.45, 2.75) is 25.2 Å². The molecule has 1 unspecified atom stereocenters. The summed E-state index contributed by atoms with van der Waals surface area (Å²) in [6, 6.07) is 8.32. The van der Waals surface area contributed by atoms with E-state index >= 15 is 0 Å². The molecule has 0 saturated heterocycles. The van der Waals surface area contributed by atoms with Gasteiger partial charge in [-0.3, -0.25) is 4.79 Å². The average Bonchev–Trinajstić information content (AvgIpc) is 2.22. The van der Waals surface area contributed by atoms with E-state index in [0.717, 1.165) is 22.9 Å². The molecule has 1 aliphatic carbocycles. The second-order valence-corrected chi connectivity index (χ2v) is 4.94. The van der Waals surface area contributed by atoms with Crippen LogP contribution in [0.25, 0.3) is 0 Å². The van der Waals surface area contributed by atoms with E-state index in [1.165, 1.54) is 5.56 Å². The zero-order valence-corrected chi connectivity index (χ0v) is 10.1. The number of carbonyl (C=O) groups is 1. The number of carbonyl (C=O) groups excluding carboxylic acids is 1. The van der Waals surface area contributed by atoms with E-state index in [1.807, 2.05) is 12.1 Å². The standard InChI is InChI=1S/C13H13BrO/c1-9-7-11(5-6-13(9)15)10-3-2-4-12(14)8-10/h2-4,8,11H,1,5-7H2. The fourth-order valence-corrected chi connectivity index (χ4v) is 2.46. The second kappa shape index (κ2) is 4.31. The maximum absolute atomic E-state index is 11.3. The van der Waals surface area contributed by atoms with Crippen molar-refractivity contribution in [2.24, 2.45) is 0 Å². The van der Waals surface area contributed by atoms with Gasteiger partial charge in [0.25, 0.3) is 0 Å². The van der Waals surface area contributed by atoms with E-state index < -0.39 is 0 Å². The fraction of sp³-hybridized carbons (Fsp3) is 0.308. The normalized spacial score (nSPS) is 21.8. The van der Waals surface area contributed by atoms with Crippen LogP contribution < -0.4 is 0 Å². The van der Waals surface area contributed by atoms with Crippen molar-refractivity contribution in [1.82, 2.24) is 0 Å². The molecular weight excluding hydrogens is 252 g/mol. The van der Waals surface area contributed by atoms with Crippen LogP contribution in [0.4, 0.5) is 0 Å². The van der Waals surface area contributed by atoms with Crippen LogP contribution in [0.1, 0.15) is 30.7 Å². The van der Waals surface area contributed by atoms with Gasteiger partial charge in [-0.15, -0.1) is 0 Å². The molecule has 1 aromatic rings. The van der Waals surface area contributed by atoms with Gasteiger partial charge < -0.3 is 0 Å². The summed E-state index contributed by atoms with van der Waals surface area (Å²) in [4.78, 5) is 11.3. The molecule has 1 fully saturated rings. The van der Waals surface area contributed by atoms with Gasteiger partial charge in [0, 0.05) is 10.9 Å². The SMILES string of the molecule is C=C1CC(c2cccc(Br)c2)CCC1=O. The molecule has 15 heavy (non-hydrogen) atoms. The van der Waals surface area contributed by atoms with Gasteiger partial charge in [0.05, 0.1) is 0 Å². The highest BCUT2D eigenvalue weighted by atomic mass is 79.9. The molecule has 0 bridgehead atoms. The first kappa shape index (κ1) is 10.6. The van der Waals surface area contributed by atoms with Crippen LogP contribution in [0.5, 0.6) is 0 Å². The van der Waals surface area contributed by atoms with Crippen molar-refractivity contribution in [3.05, 3.63) is 46.5 Å². The van der Waals surface area contributed by atoms with Gasteiger partial charge in [-0.25, -0.2) is 0 Å².